The Balaban J connectivity index is 1.65. The van der Waals surface area contributed by atoms with Crippen molar-refractivity contribution in [2.45, 2.75) is 24.9 Å². The van der Waals surface area contributed by atoms with Gasteiger partial charge in [0.15, 0.2) is 0 Å². The number of aliphatic carboxylic acids is 1. The van der Waals surface area contributed by atoms with Crippen LogP contribution in [0.15, 0.2) is 72.8 Å². The van der Waals surface area contributed by atoms with Gasteiger partial charge in [-0.15, -0.1) is 0 Å². The molecule has 1 N–H and O–H groups in total. The normalized spacial score (nSPS) is 18.4. The molecule has 0 radical (unpaired) electrons. The van der Waals surface area contributed by atoms with Crippen molar-refractivity contribution >= 4 is 35.1 Å². The van der Waals surface area contributed by atoms with E-state index in [-0.39, 0.29) is 11.9 Å². The molecule has 1 amide bonds. The first-order valence-electron chi connectivity index (χ1n) is 9.61. The van der Waals surface area contributed by atoms with E-state index in [9.17, 15) is 14.7 Å². The topological polar surface area (TPSA) is 57.6 Å². The third-order valence-corrected chi connectivity index (χ3v) is 6.07. The summed E-state index contributed by atoms with van der Waals surface area (Å²) < 4.78 is 0. The second-order valence-electron chi connectivity index (χ2n) is 7.27. The number of hydrogen-bond acceptors (Lipinski definition) is 2. The van der Waals surface area contributed by atoms with Crippen molar-refractivity contribution in [2.24, 2.45) is 0 Å². The predicted octanol–water partition coefficient (Wildman–Crippen LogP) is 6.09. The van der Waals surface area contributed by atoms with E-state index in [1.165, 1.54) is 4.90 Å². The molecule has 3 aromatic carbocycles. The number of carbonyl (C=O) groups excluding carboxylic acids is 1. The zero-order chi connectivity index (χ0) is 21.3. The second kappa shape index (κ2) is 8.50. The number of hydrogen-bond donors (Lipinski definition) is 1. The van der Waals surface area contributed by atoms with Gasteiger partial charge in [0.25, 0.3) is 5.91 Å². The fourth-order valence-corrected chi connectivity index (χ4v) is 4.37. The van der Waals surface area contributed by atoms with Crippen molar-refractivity contribution < 1.29 is 14.7 Å². The first-order chi connectivity index (χ1) is 14.5. The van der Waals surface area contributed by atoms with E-state index in [0.717, 1.165) is 16.7 Å². The van der Waals surface area contributed by atoms with Crippen LogP contribution in [0.4, 0.5) is 0 Å². The average molecular weight is 440 g/mol. The van der Waals surface area contributed by atoms with Crippen LogP contribution in [-0.4, -0.2) is 27.9 Å². The Morgan fingerprint density at radius 1 is 0.833 bits per heavy atom. The number of amides is 1. The molecule has 0 bridgehead atoms. The van der Waals surface area contributed by atoms with Gasteiger partial charge < -0.3 is 10.0 Å². The van der Waals surface area contributed by atoms with Gasteiger partial charge in [-0.1, -0.05) is 65.7 Å². The van der Waals surface area contributed by atoms with E-state index in [1.54, 1.807) is 18.2 Å². The number of nitrogens with zero attached hydrogens (tertiary/aromatic N) is 1. The molecule has 0 unspecified atom stereocenters. The van der Waals surface area contributed by atoms with Gasteiger partial charge in [-0.25, -0.2) is 4.79 Å². The summed E-state index contributed by atoms with van der Waals surface area (Å²) in [5.41, 5.74) is 3.14. The SMILES string of the molecule is O=C(O)[C@@H]1CC[C@H](c2ccccc2Cl)N1C(=O)c1ccc(-c2ccc(Cl)cc2)cc1. The van der Waals surface area contributed by atoms with E-state index >= 15 is 0 Å². The van der Waals surface area contributed by atoms with Crippen LogP contribution in [0.2, 0.25) is 10.0 Å². The van der Waals surface area contributed by atoms with Crippen LogP contribution in [0.3, 0.4) is 0 Å². The quantitative estimate of drug-likeness (QED) is 0.534. The number of carboxylic acid groups (broad SMARTS) is 1. The van der Waals surface area contributed by atoms with Gasteiger partial charge in [-0.05, 0) is 59.9 Å². The average Bonchev–Trinajstić information content (AvgIpc) is 3.19. The van der Waals surface area contributed by atoms with Crippen molar-refractivity contribution in [3.8, 4) is 11.1 Å². The van der Waals surface area contributed by atoms with Crippen molar-refractivity contribution in [3.63, 3.8) is 0 Å². The molecule has 4 nitrogen and oxygen atoms in total. The first kappa shape index (κ1) is 20.5. The molecule has 30 heavy (non-hydrogen) atoms. The van der Waals surface area contributed by atoms with Crippen LogP contribution in [0.5, 0.6) is 0 Å². The molecule has 1 aliphatic heterocycles. The molecule has 4 rings (SSSR count). The fourth-order valence-electron chi connectivity index (χ4n) is 3.98. The van der Waals surface area contributed by atoms with Gasteiger partial charge in [-0.2, -0.15) is 0 Å². The summed E-state index contributed by atoms with van der Waals surface area (Å²) >= 11 is 12.3. The molecule has 3 aromatic rings. The lowest BCUT2D eigenvalue weighted by Gasteiger charge is -2.29. The molecule has 0 saturated carbocycles. The second-order valence-corrected chi connectivity index (χ2v) is 8.11. The van der Waals surface area contributed by atoms with Gasteiger partial charge in [-0.3, -0.25) is 4.79 Å². The van der Waals surface area contributed by atoms with Gasteiger partial charge in [0, 0.05) is 15.6 Å². The van der Waals surface area contributed by atoms with E-state index in [4.69, 9.17) is 23.2 Å². The van der Waals surface area contributed by atoms with E-state index in [1.807, 2.05) is 54.6 Å². The molecule has 1 heterocycles. The summed E-state index contributed by atoms with van der Waals surface area (Å²) in [7, 11) is 0. The predicted molar refractivity (Wildman–Crippen MR) is 118 cm³/mol. The number of carbonyl (C=O) groups is 2. The summed E-state index contributed by atoms with van der Waals surface area (Å²) in [4.78, 5) is 26.6. The van der Waals surface area contributed by atoms with Crippen LogP contribution in [-0.2, 0) is 4.79 Å². The summed E-state index contributed by atoms with van der Waals surface area (Å²) in [5, 5.41) is 10.9. The highest BCUT2D eigenvalue weighted by molar-refractivity contribution is 6.31. The highest BCUT2D eigenvalue weighted by Crippen LogP contribution is 2.40. The monoisotopic (exact) mass is 439 g/mol. The zero-order valence-electron chi connectivity index (χ0n) is 16.0. The van der Waals surface area contributed by atoms with Crippen molar-refractivity contribution in [3.05, 3.63) is 94.0 Å². The molecular weight excluding hydrogens is 421 g/mol. The molecule has 0 aromatic heterocycles. The Kier molecular flexibility index (Phi) is 5.80. The zero-order valence-corrected chi connectivity index (χ0v) is 17.5. The van der Waals surface area contributed by atoms with E-state index in [0.29, 0.717) is 28.5 Å². The lowest BCUT2D eigenvalue weighted by molar-refractivity contribution is -0.141. The molecule has 1 aliphatic rings. The van der Waals surface area contributed by atoms with Crippen LogP contribution in [0, 0.1) is 0 Å². The van der Waals surface area contributed by atoms with E-state index < -0.39 is 12.0 Å². The Morgan fingerprint density at radius 3 is 2.03 bits per heavy atom. The van der Waals surface area contributed by atoms with Crippen LogP contribution < -0.4 is 0 Å². The Bertz CT molecular complexity index is 1080. The van der Waals surface area contributed by atoms with Crippen LogP contribution in [0.25, 0.3) is 11.1 Å². The summed E-state index contributed by atoms with van der Waals surface area (Å²) in [6, 6.07) is 20.6. The molecule has 1 fully saturated rings. The van der Waals surface area contributed by atoms with Gasteiger partial charge in [0.1, 0.15) is 6.04 Å². The standard InChI is InChI=1S/C24H19Cl2NO3/c25-18-11-9-16(10-12-18)15-5-7-17(8-6-15)23(28)27-21(13-14-22(27)24(29)30)19-3-1-2-4-20(19)26/h1-12,21-22H,13-14H2,(H,29,30)/t21-,22+/m1/s1. The minimum Gasteiger partial charge on any atom is -0.480 e. The number of rotatable bonds is 4. The number of benzene rings is 3. The lowest BCUT2D eigenvalue weighted by Crippen LogP contribution is -2.41. The number of carboxylic acids is 1. The van der Waals surface area contributed by atoms with Crippen LogP contribution in [0.1, 0.15) is 34.8 Å². The maximum absolute atomic E-state index is 13.4. The Labute approximate surface area is 184 Å². The van der Waals surface area contributed by atoms with Gasteiger partial charge in [0.05, 0.1) is 6.04 Å². The highest BCUT2D eigenvalue weighted by atomic mass is 35.5. The molecule has 2 atom stereocenters. The summed E-state index contributed by atoms with van der Waals surface area (Å²) in [6.07, 6.45) is 0.940. The fraction of sp³-hybridized carbons (Fsp3) is 0.167. The number of likely N-dealkylation sites (tertiary alicyclic amines) is 1. The van der Waals surface area contributed by atoms with Crippen LogP contribution >= 0.6 is 23.2 Å². The van der Waals surface area contributed by atoms with Gasteiger partial charge >= 0.3 is 5.97 Å². The minimum absolute atomic E-state index is 0.313. The lowest BCUT2D eigenvalue weighted by atomic mass is 10.0. The summed E-state index contributed by atoms with van der Waals surface area (Å²) in [6.45, 7) is 0. The highest BCUT2D eigenvalue weighted by Gasteiger charge is 2.42. The minimum atomic E-state index is -1.00. The molecular formula is C24H19Cl2NO3. The molecule has 0 spiro atoms. The smallest absolute Gasteiger partial charge is 0.326 e. The van der Waals surface area contributed by atoms with E-state index in [2.05, 4.69) is 0 Å². The van der Waals surface area contributed by atoms with Crippen molar-refractivity contribution in [1.82, 2.24) is 4.90 Å². The maximum atomic E-state index is 13.4. The number of halogens is 2. The molecule has 1 saturated heterocycles. The summed E-state index contributed by atoms with van der Waals surface area (Å²) in [5.74, 6) is -1.32. The maximum Gasteiger partial charge on any atom is 0.326 e. The van der Waals surface area contributed by atoms with Gasteiger partial charge in [0.2, 0.25) is 0 Å². The Hall–Kier alpha value is -2.82. The largest absolute Gasteiger partial charge is 0.480 e. The first-order valence-corrected chi connectivity index (χ1v) is 10.4. The third kappa shape index (κ3) is 3.93. The molecule has 152 valence electrons. The Morgan fingerprint density at radius 2 is 1.43 bits per heavy atom. The molecule has 0 aliphatic carbocycles. The van der Waals surface area contributed by atoms with Crippen molar-refractivity contribution in [1.29, 1.82) is 0 Å². The molecule has 6 heteroatoms. The van der Waals surface area contributed by atoms with Crippen molar-refractivity contribution in [2.75, 3.05) is 0 Å². The third-order valence-electron chi connectivity index (χ3n) is 5.48.